The Morgan fingerprint density at radius 2 is 2.19 bits per heavy atom. The SMILES string of the molecule is COCCOCCNCCc1ccn(C)n1. The molecule has 0 radical (unpaired) electrons. The molecule has 0 saturated heterocycles. The number of rotatable bonds is 9. The van der Waals surface area contributed by atoms with Gasteiger partial charge < -0.3 is 14.8 Å². The van der Waals surface area contributed by atoms with Gasteiger partial charge in [0.15, 0.2) is 0 Å². The number of hydrogen-bond donors (Lipinski definition) is 1. The van der Waals surface area contributed by atoms with Gasteiger partial charge in [-0.1, -0.05) is 0 Å². The van der Waals surface area contributed by atoms with Gasteiger partial charge in [-0.2, -0.15) is 5.10 Å². The first kappa shape index (κ1) is 13.2. The lowest BCUT2D eigenvalue weighted by atomic mass is 10.3. The molecule has 0 saturated carbocycles. The van der Waals surface area contributed by atoms with Crippen LogP contribution in [0.3, 0.4) is 0 Å². The van der Waals surface area contributed by atoms with Crippen molar-refractivity contribution in [2.45, 2.75) is 6.42 Å². The summed E-state index contributed by atoms with van der Waals surface area (Å²) in [5.41, 5.74) is 1.12. The Bertz CT molecular complexity index is 276. The Kier molecular flexibility index (Phi) is 6.80. The van der Waals surface area contributed by atoms with E-state index >= 15 is 0 Å². The highest BCUT2D eigenvalue weighted by Crippen LogP contribution is 1.93. The second-order valence-electron chi connectivity index (χ2n) is 3.59. The molecule has 0 aromatic carbocycles. The van der Waals surface area contributed by atoms with Crippen molar-refractivity contribution in [2.24, 2.45) is 7.05 Å². The highest BCUT2D eigenvalue weighted by Gasteiger charge is 1.95. The number of methoxy groups -OCH3 is 1. The molecule has 1 N–H and O–H groups in total. The van der Waals surface area contributed by atoms with Crippen LogP contribution in [-0.2, 0) is 22.9 Å². The van der Waals surface area contributed by atoms with Crippen molar-refractivity contribution < 1.29 is 9.47 Å². The maximum atomic E-state index is 5.32. The predicted octanol–water partition coefficient (Wildman–Crippen LogP) is 0.215. The third-order valence-corrected chi connectivity index (χ3v) is 2.18. The van der Waals surface area contributed by atoms with Crippen molar-refractivity contribution in [2.75, 3.05) is 40.0 Å². The summed E-state index contributed by atoms with van der Waals surface area (Å²) >= 11 is 0. The largest absolute Gasteiger partial charge is 0.382 e. The van der Waals surface area contributed by atoms with Crippen LogP contribution in [0.25, 0.3) is 0 Å². The molecule has 0 aliphatic rings. The quantitative estimate of drug-likeness (QED) is 0.613. The third-order valence-electron chi connectivity index (χ3n) is 2.18. The van der Waals surface area contributed by atoms with Gasteiger partial charge >= 0.3 is 0 Å². The normalized spacial score (nSPS) is 10.9. The average molecular weight is 227 g/mol. The van der Waals surface area contributed by atoms with Crippen LogP contribution in [0.1, 0.15) is 5.69 Å². The van der Waals surface area contributed by atoms with Gasteiger partial charge in [-0.25, -0.2) is 0 Å². The molecule has 1 aromatic rings. The minimum Gasteiger partial charge on any atom is -0.382 e. The molecule has 5 nitrogen and oxygen atoms in total. The zero-order valence-corrected chi connectivity index (χ0v) is 10.1. The van der Waals surface area contributed by atoms with Crippen LogP contribution in [0, 0.1) is 0 Å². The fourth-order valence-electron chi connectivity index (χ4n) is 1.33. The van der Waals surface area contributed by atoms with Gasteiger partial charge in [-0.3, -0.25) is 4.68 Å². The van der Waals surface area contributed by atoms with E-state index in [0.717, 1.165) is 31.8 Å². The smallest absolute Gasteiger partial charge is 0.0700 e. The first-order chi connectivity index (χ1) is 7.83. The first-order valence-electron chi connectivity index (χ1n) is 5.59. The van der Waals surface area contributed by atoms with E-state index in [1.807, 2.05) is 24.0 Å². The minimum absolute atomic E-state index is 0.661. The number of nitrogens with zero attached hydrogens (tertiary/aromatic N) is 2. The van der Waals surface area contributed by atoms with Gasteiger partial charge in [0.1, 0.15) is 0 Å². The van der Waals surface area contributed by atoms with E-state index in [2.05, 4.69) is 10.4 Å². The topological polar surface area (TPSA) is 48.3 Å². The van der Waals surface area contributed by atoms with E-state index in [1.165, 1.54) is 0 Å². The summed E-state index contributed by atoms with van der Waals surface area (Å²) in [4.78, 5) is 0. The second kappa shape index (κ2) is 8.27. The van der Waals surface area contributed by atoms with Crippen LogP contribution in [-0.4, -0.2) is 49.8 Å². The average Bonchev–Trinajstić information content (AvgIpc) is 2.68. The van der Waals surface area contributed by atoms with Crippen LogP contribution in [0.5, 0.6) is 0 Å². The molecule has 5 heteroatoms. The standard InChI is InChI=1S/C11H21N3O2/c1-14-7-4-11(13-14)3-5-12-6-8-16-10-9-15-2/h4,7,12H,3,5-6,8-10H2,1-2H3. The molecule has 0 bridgehead atoms. The highest BCUT2D eigenvalue weighted by molar-refractivity contribution is 4.98. The Labute approximate surface area is 96.7 Å². The van der Waals surface area contributed by atoms with Gasteiger partial charge in [-0.05, 0) is 6.07 Å². The molecule has 0 spiro atoms. The Balaban J connectivity index is 1.88. The van der Waals surface area contributed by atoms with Crippen molar-refractivity contribution in [1.29, 1.82) is 0 Å². The molecule has 0 aliphatic heterocycles. The Hall–Kier alpha value is -0.910. The van der Waals surface area contributed by atoms with E-state index in [-0.39, 0.29) is 0 Å². The maximum Gasteiger partial charge on any atom is 0.0700 e. The van der Waals surface area contributed by atoms with Gasteiger partial charge in [0.25, 0.3) is 0 Å². The summed E-state index contributed by atoms with van der Waals surface area (Å²) in [6.07, 6.45) is 2.92. The number of nitrogens with one attached hydrogen (secondary N) is 1. The van der Waals surface area contributed by atoms with Gasteiger partial charge in [-0.15, -0.1) is 0 Å². The lowest BCUT2D eigenvalue weighted by Gasteiger charge is -2.04. The molecule has 0 atom stereocenters. The molecule has 1 aromatic heterocycles. The van der Waals surface area contributed by atoms with Gasteiger partial charge in [0, 0.05) is 39.9 Å². The van der Waals surface area contributed by atoms with Crippen LogP contribution < -0.4 is 5.32 Å². The lowest BCUT2D eigenvalue weighted by Crippen LogP contribution is -2.23. The molecule has 0 unspecified atom stereocenters. The number of hydrogen-bond acceptors (Lipinski definition) is 4. The molecule has 0 fully saturated rings. The van der Waals surface area contributed by atoms with Crippen LogP contribution in [0.2, 0.25) is 0 Å². The zero-order chi connectivity index (χ0) is 11.6. The third kappa shape index (κ3) is 5.85. The fourth-order valence-corrected chi connectivity index (χ4v) is 1.33. The minimum atomic E-state index is 0.661. The lowest BCUT2D eigenvalue weighted by molar-refractivity contribution is 0.0721. The zero-order valence-electron chi connectivity index (χ0n) is 10.1. The number of aryl methyl sites for hydroxylation is 1. The fraction of sp³-hybridized carbons (Fsp3) is 0.727. The molecule has 92 valence electrons. The second-order valence-corrected chi connectivity index (χ2v) is 3.59. The van der Waals surface area contributed by atoms with E-state index in [9.17, 15) is 0 Å². The molecule has 0 amide bonds. The predicted molar refractivity (Wildman–Crippen MR) is 62.5 cm³/mol. The molecular formula is C11H21N3O2. The van der Waals surface area contributed by atoms with Gasteiger partial charge in [0.05, 0.1) is 25.5 Å². The number of aromatic nitrogens is 2. The molecule has 0 aliphatic carbocycles. The monoisotopic (exact) mass is 227 g/mol. The van der Waals surface area contributed by atoms with E-state index in [4.69, 9.17) is 9.47 Å². The molecule has 1 heterocycles. The Morgan fingerprint density at radius 1 is 1.31 bits per heavy atom. The van der Waals surface area contributed by atoms with Gasteiger partial charge in [0.2, 0.25) is 0 Å². The van der Waals surface area contributed by atoms with Crippen LogP contribution in [0.15, 0.2) is 12.3 Å². The molecular weight excluding hydrogens is 206 g/mol. The summed E-state index contributed by atoms with van der Waals surface area (Å²) in [5, 5.41) is 7.60. The summed E-state index contributed by atoms with van der Waals surface area (Å²) < 4.78 is 12.0. The summed E-state index contributed by atoms with van der Waals surface area (Å²) in [6.45, 7) is 3.86. The first-order valence-corrected chi connectivity index (χ1v) is 5.59. The number of ether oxygens (including phenoxy) is 2. The van der Waals surface area contributed by atoms with Crippen LogP contribution in [0.4, 0.5) is 0 Å². The molecule has 1 rings (SSSR count). The Morgan fingerprint density at radius 3 is 2.88 bits per heavy atom. The van der Waals surface area contributed by atoms with Crippen LogP contribution >= 0.6 is 0 Å². The van der Waals surface area contributed by atoms with E-state index in [0.29, 0.717) is 13.2 Å². The summed E-state index contributed by atoms with van der Waals surface area (Å²) in [7, 11) is 3.61. The van der Waals surface area contributed by atoms with Crippen molar-refractivity contribution >= 4 is 0 Å². The summed E-state index contributed by atoms with van der Waals surface area (Å²) in [6, 6.07) is 2.04. The van der Waals surface area contributed by atoms with E-state index in [1.54, 1.807) is 7.11 Å². The van der Waals surface area contributed by atoms with Crippen molar-refractivity contribution in [3.8, 4) is 0 Å². The molecule has 16 heavy (non-hydrogen) atoms. The van der Waals surface area contributed by atoms with Crippen molar-refractivity contribution in [3.63, 3.8) is 0 Å². The highest BCUT2D eigenvalue weighted by atomic mass is 16.5. The summed E-state index contributed by atoms with van der Waals surface area (Å²) in [5.74, 6) is 0. The van der Waals surface area contributed by atoms with E-state index < -0.39 is 0 Å². The maximum absolute atomic E-state index is 5.32. The van der Waals surface area contributed by atoms with Crippen molar-refractivity contribution in [1.82, 2.24) is 15.1 Å². The van der Waals surface area contributed by atoms with Crippen molar-refractivity contribution in [3.05, 3.63) is 18.0 Å².